The number of aromatic nitrogens is 3. The summed E-state index contributed by atoms with van der Waals surface area (Å²) in [6, 6.07) is 8.19. The van der Waals surface area contributed by atoms with Gasteiger partial charge in [0, 0.05) is 57.3 Å². The Morgan fingerprint density at radius 2 is 2.00 bits per heavy atom. The summed E-state index contributed by atoms with van der Waals surface area (Å²) >= 11 is 0. The molecule has 4 heterocycles. The van der Waals surface area contributed by atoms with E-state index in [1.807, 2.05) is 30.1 Å². The van der Waals surface area contributed by atoms with Crippen LogP contribution in [0.3, 0.4) is 0 Å². The van der Waals surface area contributed by atoms with Gasteiger partial charge in [-0.15, -0.1) is 0 Å². The van der Waals surface area contributed by atoms with Crippen molar-refractivity contribution in [2.45, 2.75) is 25.9 Å². The monoisotopic (exact) mass is 349 g/mol. The summed E-state index contributed by atoms with van der Waals surface area (Å²) in [6.07, 6.45) is 8.28. The molecule has 3 aromatic heterocycles. The Hall–Kier alpha value is -2.73. The van der Waals surface area contributed by atoms with Crippen LogP contribution in [-0.4, -0.2) is 38.8 Å². The summed E-state index contributed by atoms with van der Waals surface area (Å²) in [6.45, 7) is 3.54. The van der Waals surface area contributed by atoms with Crippen LogP contribution < -0.4 is 5.32 Å². The number of rotatable bonds is 5. The van der Waals surface area contributed by atoms with Crippen molar-refractivity contribution in [3.05, 3.63) is 65.9 Å². The number of hydrogen-bond donors (Lipinski definition) is 1. The second-order valence-electron chi connectivity index (χ2n) is 7.03. The van der Waals surface area contributed by atoms with Crippen LogP contribution in [0.4, 0.5) is 0 Å². The Balaban J connectivity index is 1.43. The molecular weight excluding hydrogens is 326 g/mol. The third kappa shape index (κ3) is 3.20. The topological polar surface area (TPSA) is 62.5 Å². The molecule has 1 amide bonds. The minimum atomic E-state index is 0.0988. The van der Waals surface area contributed by atoms with Crippen molar-refractivity contribution in [2.75, 3.05) is 13.6 Å². The number of amides is 1. The molecular formula is C20H23N5O. The first-order chi connectivity index (χ1) is 12.6. The number of carbonyl (C=O) groups excluding carboxylic acids is 1. The molecule has 1 aliphatic heterocycles. The predicted octanol–water partition coefficient (Wildman–Crippen LogP) is 2.35. The third-order valence-electron chi connectivity index (χ3n) is 5.10. The molecule has 1 fully saturated rings. The average Bonchev–Trinajstić information content (AvgIpc) is 3.16. The number of aryl methyl sites for hydroxylation is 1. The van der Waals surface area contributed by atoms with Gasteiger partial charge < -0.3 is 14.6 Å². The summed E-state index contributed by atoms with van der Waals surface area (Å²) < 4.78 is 2.05. The standard InChI is InChI=1S/C20H23N5O/c1-14-3-4-18-23-17(13-25(18)12-14)11-22-10-16-9-19(26)24(2)20(16)15-5-7-21-8-6-15/h3-8,12-13,16,20,22H,9-11H2,1-2H3/t16-,20-/m0/s1. The average molecular weight is 349 g/mol. The zero-order valence-electron chi connectivity index (χ0n) is 15.1. The van der Waals surface area contributed by atoms with Crippen molar-refractivity contribution < 1.29 is 4.79 Å². The molecule has 0 bridgehead atoms. The van der Waals surface area contributed by atoms with Crippen LogP contribution in [0, 0.1) is 12.8 Å². The highest BCUT2D eigenvalue weighted by Gasteiger charge is 2.37. The van der Waals surface area contributed by atoms with E-state index in [1.54, 1.807) is 12.4 Å². The fourth-order valence-corrected chi connectivity index (χ4v) is 3.82. The summed E-state index contributed by atoms with van der Waals surface area (Å²) in [7, 11) is 1.89. The highest BCUT2D eigenvalue weighted by molar-refractivity contribution is 5.79. The second kappa shape index (κ2) is 6.88. The maximum atomic E-state index is 12.2. The molecule has 134 valence electrons. The van der Waals surface area contributed by atoms with Gasteiger partial charge in [-0.2, -0.15) is 0 Å². The van der Waals surface area contributed by atoms with Gasteiger partial charge in [0.25, 0.3) is 0 Å². The van der Waals surface area contributed by atoms with Crippen LogP contribution in [0.1, 0.15) is 29.3 Å². The molecule has 0 saturated carbocycles. The minimum absolute atomic E-state index is 0.0988. The molecule has 2 atom stereocenters. The van der Waals surface area contributed by atoms with Crippen molar-refractivity contribution in [2.24, 2.45) is 5.92 Å². The molecule has 1 saturated heterocycles. The number of likely N-dealkylation sites (tertiary alicyclic amines) is 1. The van der Waals surface area contributed by atoms with Crippen molar-refractivity contribution in [1.29, 1.82) is 0 Å². The minimum Gasteiger partial charge on any atom is -0.338 e. The van der Waals surface area contributed by atoms with Crippen molar-refractivity contribution in [1.82, 2.24) is 24.6 Å². The third-order valence-corrected chi connectivity index (χ3v) is 5.10. The fourth-order valence-electron chi connectivity index (χ4n) is 3.82. The summed E-state index contributed by atoms with van der Waals surface area (Å²) in [4.78, 5) is 22.8. The number of pyridine rings is 2. The normalized spacial score (nSPS) is 20.2. The van der Waals surface area contributed by atoms with Gasteiger partial charge in [-0.1, -0.05) is 6.07 Å². The first kappa shape index (κ1) is 16.7. The van der Waals surface area contributed by atoms with Crippen LogP contribution in [0.5, 0.6) is 0 Å². The molecule has 0 radical (unpaired) electrons. The molecule has 1 N–H and O–H groups in total. The number of carbonyl (C=O) groups is 1. The maximum Gasteiger partial charge on any atom is 0.223 e. The van der Waals surface area contributed by atoms with E-state index < -0.39 is 0 Å². The summed E-state index contributed by atoms with van der Waals surface area (Å²) in [5.74, 6) is 0.441. The number of nitrogens with one attached hydrogen (secondary N) is 1. The van der Waals surface area contributed by atoms with E-state index >= 15 is 0 Å². The van der Waals surface area contributed by atoms with E-state index in [0.717, 1.165) is 23.4 Å². The Morgan fingerprint density at radius 3 is 2.81 bits per heavy atom. The van der Waals surface area contributed by atoms with Gasteiger partial charge in [0.05, 0.1) is 11.7 Å². The van der Waals surface area contributed by atoms with Crippen molar-refractivity contribution >= 4 is 11.6 Å². The lowest BCUT2D eigenvalue weighted by atomic mass is 9.94. The number of fused-ring (bicyclic) bond motifs is 1. The lowest BCUT2D eigenvalue weighted by Crippen LogP contribution is -2.29. The number of nitrogens with zero attached hydrogens (tertiary/aromatic N) is 4. The van der Waals surface area contributed by atoms with Gasteiger partial charge in [0.1, 0.15) is 5.65 Å². The van der Waals surface area contributed by atoms with E-state index in [2.05, 4.69) is 45.1 Å². The highest BCUT2D eigenvalue weighted by atomic mass is 16.2. The fraction of sp³-hybridized carbons (Fsp3) is 0.350. The van der Waals surface area contributed by atoms with Gasteiger partial charge in [-0.3, -0.25) is 9.78 Å². The van der Waals surface area contributed by atoms with E-state index in [1.165, 1.54) is 5.56 Å². The molecule has 4 rings (SSSR count). The quantitative estimate of drug-likeness (QED) is 0.768. The van der Waals surface area contributed by atoms with Crippen molar-refractivity contribution in [3.8, 4) is 0 Å². The Morgan fingerprint density at radius 1 is 1.19 bits per heavy atom. The maximum absolute atomic E-state index is 12.2. The lowest BCUT2D eigenvalue weighted by molar-refractivity contribution is -0.127. The lowest BCUT2D eigenvalue weighted by Gasteiger charge is -2.25. The van der Waals surface area contributed by atoms with Gasteiger partial charge in [-0.05, 0) is 36.2 Å². The molecule has 0 aromatic carbocycles. The molecule has 0 spiro atoms. The SMILES string of the molecule is Cc1ccc2nc(CNC[C@@H]3CC(=O)N(C)[C@H]3c3ccncc3)cn2c1. The van der Waals surface area contributed by atoms with Crippen LogP contribution in [0.15, 0.2) is 49.1 Å². The van der Waals surface area contributed by atoms with E-state index in [4.69, 9.17) is 0 Å². The summed E-state index contributed by atoms with van der Waals surface area (Å²) in [5, 5.41) is 3.49. The Bertz CT molecular complexity index is 920. The van der Waals surface area contributed by atoms with Crippen LogP contribution >= 0.6 is 0 Å². The van der Waals surface area contributed by atoms with E-state index in [-0.39, 0.29) is 17.9 Å². The first-order valence-corrected chi connectivity index (χ1v) is 8.92. The molecule has 26 heavy (non-hydrogen) atoms. The summed E-state index contributed by atoms with van der Waals surface area (Å²) in [5.41, 5.74) is 4.32. The van der Waals surface area contributed by atoms with Crippen LogP contribution in [-0.2, 0) is 11.3 Å². The van der Waals surface area contributed by atoms with Crippen LogP contribution in [0.2, 0.25) is 0 Å². The van der Waals surface area contributed by atoms with Gasteiger partial charge in [-0.25, -0.2) is 4.98 Å². The number of imidazole rings is 1. The smallest absolute Gasteiger partial charge is 0.223 e. The van der Waals surface area contributed by atoms with E-state index in [0.29, 0.717) is 13.0 Å². The second-order valence-corrected chi connectivity index (χ2v) is 7.03. The number of hydrogen-bond acceptors (Lipinski definition) is 4. The predicted molar refractivity (Wildman–Crippen MR) is 99.5 cm³/mol. The zero-order valence-corrected chi connectivity index (χ0v) is 15.1. The van der Waals surface area contributed by atoms with Gasteiger partial charge in [0.15, 0.2) is 0 Å². The molecule has 6 heteroatoms. The Labute approximate surface area is 152 Å². The van der Waals surface area contributed by atoms with Crippen molar-refractivity contribution in [3.63, 3.8) is 0 Å². The molecule has 0 aliphatic carbocycles. The molecule has 1 aliphatic rings. The largest absolute Gasteiger partial charge is 0.338 e. The molecule has 0 unspecified atom stereocenters. The van der Waals surface area contributed by atoms with E-state index in [9.17, 15) is 4.79 Å². The molecule has 3 aromatic rings. The van der Waals surface area contributed by atoms with Crippen LogP contribution in [0.25, 0.3) is 5.65 Å². The Kier molecular flexibility index (Phi) is 4.42. The van der Waals surface area contributed by atoms with Gasteiger partial charge >= 0.3 is 0 Å². The van der Waals surface area contributed by atoms with Gasteiger partial charge in [0.2, 0.25) is 5.91 Å². The highest BCUT2D eigenvalue weighted by Crippen LogP contribution is 2.36. The zero-order chi connectivity index (χ0) is 18.1. The molecule has 6 nitrogen and oxygen atoms in total. The first-order valence-electron chi connectivity index (χ1n) is 8.92.